The summed E-state index contributed by atoms with van der Waals surface area (Å²) in [7, 11) is 0. The number of carbonyl (C=O) groups is 1. The van der Waals surface area contributed by atoms with Gasteiger partial charge in [-0.05, 0) is 76.2 Å². The van der Waals surface area contributed by atoms with Crippen LogP contribution < -0.4 is 0 Å². The number of hydrogen-bond acceptors (Lipinski definition) is 3. The first kappa shape index (κ1) is 25.0. The molecule has 3 nitrogen and oxygen atoms in total. The highest BCUT2D eigenvalue weighted by Crippen LogP contribution is 2.30. The monoisotopic (exact) mass is 476 g/mol. The lowest BCUT2D eigenvalue weighted by Crippen LogP contribution is -2.05. The predicted molar refractivity (Wildman–Crippen MR) is 149 cm³/mol. The molecular weight excluding hydrogens is 444 g/mol. The summed E-state index contributed by atoms with van der Waals surface area (Å²) in [6.07, 6.45) is 4.35. The number of phenolic OH excluding ortho intramolecular Hbond substituents is 1. The van der Waals surface area contributed by atoms with Gasteiger partial charge in [0.15, 0.2) is 0 Å². The Kier molecular flexibility index (Phi) is 8.72. The van der Waals surface area contributed by atoms with Crippen LogP contribution in [0.2, 0.25) is 0 Å². The van der Waals surface area contributed by atoms with Gasteiger partial charge in [-0.2, -0.15) is 0 Å². The molecule has 0 saturated carbocycles. The van der Waals surface area contributed by atoms with Crippen molar-refractivity contribution in [2.45, 2.75) is 32.6 Å². The Balaban J connectivity index is 0.000000128. The molecule has 1 N–H and O–H groups in total. The third kappa shape index (κ3) is 6.51. The van der Waals surface area contributed by atoms with Gasteiger partial charge in [-0.3, -0.25) is 0 Å². The molecular formula is C33H32O3. The smallest absolute Gasteiger partial charge is 0.338 e. The molecule has 5 aromatic rings. The summed E-state index contributed by atoms with van der Waals surface area (Å²) in [5.74, 6) is -0.187. The van der Waals surface area contributed by atoms with Crippen molar-refractivity contribution in [3.8, 4) is 5.75 Å². The minimum Gasteiger partial charge on any atom is -0.508 e. The van der Waals surface area contributed by atoms with Gasteiger partial charge in [-0.1, -0.05) is 98.3 Å². The molecule has 1 aliphatic carbocycles. The quantitative estimate of drug-likeness (QED) is 0.210. The SMILES string of the molecule is CCCCOC(=O)c1ccc(O)cc1.c1cc2c3c(cccc3c1)CC2.c1ccc2ccccc2c1. The number of aryl methyl sites for hydroxylation is 2. The van der Waals surface area contributed by atoms with Crippen LogP contribution in [-0.4, -0.2) is 17.7 Å². The standard InChI is InChI=1S/C12H10.C11H14O3.C10H8/c1-3-9-4-2-6-11-8-7-10(5-1)12(9)11;1-2-3-8-14-11(13)9-4-6-10(12)7-5-9;1-2-6-10-8-4-3-7-9(10)5-1/h1-6H,7-8H2;4-7,12H,2-3,8H2,1H3;1-8H. The predicted octanol–water partition coefficient (Wildman–Crippen LogP) is 8.13. The summed E-state index contributed by atoms with van der Waals surface area (Å²) in [5, 5.41) is 14.5. The van der Waals surface area contributed by atoms with Crippen LogP contribution in [0.25, 0.3) is 21.5 Å². The molecule has 0 aliphatic heterocycles. The number of esters is 1. The van der Waals surface area contributed by atoms with Gasteiger partial charge in [0, 0.05) is 0 Å². The summed E-state index contributed by atoms with van der Waals surface area (Å²) in [5.41, 5.74) is 3.53. The molecule has 182 valence electrons. The fourth-order valence-electron chi connectivity index (χ4n) is 4.31. The molecule has 0 bridgehead atoms. The lowest BCUT2D eigenvalue weighted by Gasteiger charge is -2.03. The zero-order chi connectivity index (χ0) is 25.2. The van der Waals surface area contributed by atoms with Crippen molar-refractivity contribution in [3.05, 3.63) is 126 Å². The van der Waals surface area contributed by atoms with Crippen molar-refractivity contribution in [1.29, 1.82) is 0 Å². The van der Waals surface area contributed by atoms with Crippen molar-refractivity contribution in [2.75, 3.05) is 6.61 Å². The molecule has 0 unspecified atom stereocenters. The second-order valence-corrected chi connectivity index (χ2v) is 8.82. The second kappa shape index (κ2) is 12.6. The molecule has 0 aromatic heterocycles. The molecule has 0 heterocycles. The van der Waals surface area contributed by atoms with Crippen molar-refractivity contribution in [3.63, 3.8) is 0 Å². The zero-order valence-corrected chi connectivity index (χ0v) is 20.7. The lowest BCUT2D eigenvalue weighted by atomic mass is 10.1. The molecule has 0 atom stereocenters. The Labute approximate surface area is 213 Å². The normalized spacial score (nSPS) is 11.2. The van der Waals surface area contributed by atoms with Crippen LogP contribution in [0.15, 0.2) is 109 Å². The molecule has 0 saturated heterocycles. The lowest BCUT2D eigenvalue weighted by molar-refractivity contribution is 0.0499. The van der Waals surface area contributed by atoms with Crippen LogP contribution in [0.4, 0.5) is 0 Å². The topological polar surface area (TPSA) is 46.5 Å². The highest BCUT2D eigenvalue weighted by molar-refractivity contribution is 5.90. The summed E-state index contributed by atoms with van der Waals surface area (Å²) in [6, 6.07) is 36.0. The van der Waals surface area contributed by atoms with E-state index < -0.39 is 0 Å². The molecule has 3 heteroatoms. The number of fused-ring (bicyclic) bond motifs is 1. The highest BCUT2D eigenvalue weighted by atomic mass is 16.5. The summed E-state index contributed by atoms with van der Waals surface area (Å²) < 4.78 is 4.99. The van der Waals surface area contributed by atoms with Crippen molar-refractivity contribution >= 4 is 27.5 Å². The largest absolute Gasteiger partial charge is 0.508 e. The first-order valence-electron chi connectivity index (χ1n) is 12.5. The van der Waals surface area contributed by atoms with Gasteiger partial charge in [0.1, 0.15) is 5.75 Å². The van der Waals surface area contributed by atoms with Crippen LogP contribution in [0.5, 0.6) is 5.75 Å². The van der Waals surface area contributed by atoms with Crippen molar-refractivity contribution in [1.82, 2.24) is 0 Å². The Bertz CT molecular complexity index is 1320. The van der Waals surface area contributed by atoms with E-state index in [-0.39, 0.29) is 11.7 Å². The van der Waals surface area contributed by atoms with Gasteiger partial charge in [0.25, 0.3) is 0 Å². The number of carbonyl (C=O) groups excluding carboxylic acids is 1. The van der Waals surface area contributed by atoms with Gasteiger partial charge in [-0.15, -0.1) is 0 Å². The third-order valence-electron chi connectivity index (χ3n) is 6.23. The fourth-order valence-corrected chi connectivity index (χ4v) is 4.31. The highest BCUT2D eigenvalue weighted by Gasteiger charge is 2.12. The molecule has 1 aliphatic rings. The summed E-state index contributed by atoms with van der Waals surface area (Å²) in [6.45, 7) is 2.49. The van der Waals surface area contributed by atoms with Crippen LogP contribution >= 0.6 is 0 Å². The van der Waals surface area contributed by atoms with Gasteiger partial charge in [0.05, 0.1) is 12.2 Å². The molecule has 5 aromatic carbocycles. The van der Waals surface area contributed by atoms with Gasteiger partial charge < -0.3 is 9.84 Å². The molecule has 0 spiro atoms. The number of unbranched alkanes of at least 4 members (excludes halogenated alkanes) is 1. The number of ether oxygens (including phenoxy) is 1. The number of benzene rings is 5. The van der Waals surface area contributed by atoms with Crippen LogP contribution in [0.3, 0.4) is 0 Å². The molecule has 36 heavy (non-hydrogen) atoms. The number of rotatable bonds is 4. The maximum Gasteiger partial charge on any atom is 0.338 e. The molecule has 0 amide bonds. The number of phenols is 1. The summed E-state index contributed by atoms with van der Waals surface area (Å²) in [4.78, 5) is 11.3. The van der Waals surface area contributed by atoms with E-state index in [1.807, 2.05) is 6.92 Å². The van der Waals surface area contributed by atoms with Crippen molar-refractivity contribution < 1.29 is 14.6 Å². The van der Waals surface area contributed by atoms with E-state index in [0.717, 1.165) is 12.8 Å². The van der Waals surface area contributed by atoms with Crippen LogP contribution in [0.1, 0.15) is 41.3 Å². The molecule has 0 radical (unpaired) electrons. The van der Waals surface area contributed by atoms with E-state index in [1.54, 1.807) is 12.1 Å². The minimum absolute atomic E-state index is 0.148. The van der Waals surface area contributed by atoms with Gasteiger partial charge in [-0.25, -0.2) is 4.79 Å². The Morgan fingerprint density at radius 3 is 1.69 bits per heavy atom. The zero-order valence-electron chi connectivity index (χ0n) is 20.7. The average molecular weight is 477 g/mol. The Hall–Kier alpha value is -4.11. The maximum atomic E-state index is 11.3. The van der Waals surface area contributed by atoms with Crippen molar-refractivity contribution in [2.24, 2.45) is 0 Å². The maximum absolute atomic E-state index is 11.3. The van der Waals surface area contributed by atoms with E-state index in [0.29, 0.717) is 12.2 Å². The van der Waals surface area contributed by atoms with E-state index in [9.17, 15) is 4.79 Å². The molecule has 6 rings (SSSR count). The number of aromatic hydroxyl groups is 1. The number of hydrogen-bond donors (Lipinski definition) is 1. The third-order valence-corrected chi connectivity index (χ3v) is 6.23. The summed E-state index contributed by atoms with van der Waals surface area (Å²) >= 11 is 0. The van der Waals surface area contributed by atoms with E-state index in [2.05, 4.69) is 84.9 Å². The second-order valence-electron chi connectivity index (χ2n) is 8.82. The van der Waals surface area contributed by atoms with E-state index in [4.69, 9.17) is 9.84 Å². The molecule has 0 fully saturated rings. The van der Waals surface area contributed by atoms with Gasteiger partial charge in [0.2, 0.25) is 0 Å². The van der Waals surface area contributed by atoms with Gasteiger partial charge >= 0.3 is 5.97 Å². The first-order chi connectivity index (χ1) is 17.7. The Morgan fingerprint density at radius 2 is 1.19 bits per heavy atom. The fraction of sp³-hybridized carbons (Fsp3) is 0.182. The van der Waals surface area contributed by atoms with E-state index >= 15 is 0 Å². The van der Waals surface area contributed by atoms with Crippen LogP contribution in [-0.2, 0) is 17.6 Å². The van der Waals surface area contributed by atoms with E-state index in [1.165, 1.54) is 57.6 Å². The Morgan fingerprint density at radius 1 is 0.694 bits per heavy atom. The first-order valence-corrected chi connectivity index (χ1v) is 12.5. The average Bonchev–Trinajstić information content (AvgIpc) is 3.35. The van der Waals surface area contributed by atoms with Crippen LogP contribution in [0, 0.1) is 0 Å². The minimum atomic E-state index is -0.335.